The van der Waals surface area contributed by atoms with Gasteiger partial charge in [0.25, 0.3) is 0 Å². The van der Waals surface area contributed by atoms with Gasteiger partial charge in [-0.25, -0.2) is 13.1 Å². The minimum atomic E-state index is -3.69. The molecule has 1 aromatic carbocycles. The number of nitrogen functional groups attached to an aromatic ring is 1. The van der Waals surface area contributed by atoms with E-state index in [1.807, 2.05) is 0 Å². The van der Waals surface area contributed by atoms with Crippen molar-refractivity contribution in [2.45, 2.75) is 11.4 Å². The van der Waals surface area contributed by atoms with E-state index >= 15 is 0 Å². The van der Waals surface area contributed by atoms with Gasteiger partial charge in [-0.2, -0.15) is 5.10 Å². The number of aromatic nitrogens is 2. The molecule has 0 radical (unpaired) electrons. The SMILES string of the molecule is COc1ccc(S(=O)(=O)NCc2cn[nH]c2N)cc1OC. The average molecular weight is 312 g/mol. The number of nitrogens with zero attached hydrogens (tertiary/aromatic N) is 1. The van der Waals surface area contributed by atoms with Gasteiger partial charge in [0.2, 0.25) is 10.0 Å². The smallest absolute Gasteiger partial charge is 0.241 e. The van der Waals surface area contributed by atoms with Crippen LogP contribution in [0.25, 0.3) is 0 Å². The van der Waals surface area contributed by atoms with Gasteiger partial charge in [0, 0.05) is 18.2 Å². The van der Waals surface area contributed by atoms with Crippen molar-refractivity contribution in [1.29, 1.82) is 0 Å². The largest absolute Gasteiger partial charge is 0.493 e. The van der Waals surface area contributed by atoms with Crippen LogP contribution in [0.2, 0.25) is 0 Å². The summed E-state index contributed by atoms with van der Waals surface area (Å²) < 4.78 is 37.1. The molecule has 0 amide bonds. The first-order valence-corrected chi connectivity index (χ1v) is 7.45. The van der Waals surface area contributed by atoms with Crippen LogP contribution in [0.3, 0.4) is 0 Å². The van der Waals surface area contributed by atoms with E-state index in [1.54, 1.807) is 0 Å². The molecule has 9 heteroatoms. The third kappa shape index (κ3) is 3.26. The summed E-state index contributed by atoms with van der Waals surface area (Å²) in [6.07, 6.45) is 1.46. The zero-order valence-electron chi connectivity index (χ0n) is 11.6. The summed E-state index contributed by atoms with van der Waals surface area (Å²) in [6, 6.07) is 4.35. The average Bonchev–Trinajstić information content (AvgIpc) is 2.89. The molecule has 0 fully saturated rings. The molecule has 0 saturated heterocycles. The minimum Gasteiger partial charge on any atom is -0.493 e. The molecule has 0 unspecified atom stereocenters. The molecule has 2 rings (SSSR count). The van der Waals surface area contributed by atoms with Crippen molar-refractivity contribution >= 4 is 15.8 Å². The Kier molecular flexibility index (Phi) is 4.34. The van der Waals surface area contributed by atoms with Crippen LogP contribution in [0, 0.1) is 0 Å². The maximum Gasteiger partial charge on any atom is 0.241 e. The number of rotatable bonds is 6. The Hall–Kier alpha value is -2.26. The van der Waals surface area contributed by atoms with Crippen LogP contribution in [0.1, 0.15) is 5.56 Å². The highest BCUT2D eigenvalue weighted by atomic mass is 32.2. The van der Waals surface area contributed by atoms with Gasteiger partial charge >= 0.3 is 0 Å². The molecule has 0 spiro atoms. The quantitative estimate of drug-likeness (QED) is 0.714. The number of nitrogens with one attached hydrogen (secondary N) is 2. The third-order valence-electron chi connectivity index (χ3n) is 2.87. The van der Waals surface area contributed by atoms with Gasteiger partial charge in [-0.3, -0.25) is 5.10 Å². The Morgan fingerprint density at radius 1 is 1.29 bits per heavy atom. The Morgan fingerprint density at radius 2 is 2.00 bits per heavy atom. The molecule has 0 aliphatic carbocycles. The van der Waals surface area contributed by atoms with E-state index in [-0.39, 0.29) is 11.4 Å². The van der Waals surface area contributed by atoms with E-state index in [4.69, 9.17) is 15.2 Å². The molecule has 1 aromatic heterocycles. The predicted molar refractivity (Wildman–Crippen MR) is 76.6 cm³/mol. The first-order valence-electron chi connectivity index (χ1n) is 5.97. The predicted octanol–water partition coefficient (Wildman–Crippen LogP) is 0.488. The molecular weight excluding hydrogens is 296 g/mol. The second-order valence-electron chi connectivity index (χ2n) is 4.15. The van der Waals surface area contributed by atoms with E-state index in [9.17, 15) is 8.42 Å². The molecule has 8 nitrogen and oxygen atoms in total. The first kappa shape index (κ1) is 15.1. The molecule has 1 heterocycles. The first-order chi connectivity index (χ1) is 9.97. The Morgan fingerprint density at radius 3 is 2.57 bits per heavy atom. The highest BCUT2D eigenvalue weighted by Crippen LogP contribution is 2.29. The normalized spacial score (nSPS) is 11.3. The van der Waals surface area contributed by atoms with Crippen LogP contribution in [0.15, 0.2) is 29.3 Å². The summed E-state index contributed by atoms with van der Waals surface area (Å²) in [5, 5.41) is 6.26. The van der Waals surface area contributed by atoms with Crippen molar-refractivity contribution in [2.75, 3.05) is 20.0 Å². The van der Waals surface area contributed by atoms with Crippen LogP contribution < -0.4 is 19.9 Å². The number of hydrogen-bond acceptors (Lipinski definition) is 6. The Bertz CT molecular complexity index is 727. The summed E-state index contributed by atoms with van der Waals surface area (Å²) in [6.45, 7) is 0.0407. The second kappa shape index (κ2) is 6.02. The summed E-state index contributed by atoms with van der Waals surface area (Å²) in [5.74, 6) is 1.11. The Balaban J connectivity index is 2.21. The number of aromatic amines is 1. The zero-order chi connectivity index (χ0) is 15.5. The van der Waals surface area contributed by atoms with E-state index in [2.05, 4.69) is 14.9 Å². The fourth-order valence-corrected chi connectivity index (χ4v) is 2.72. The molecule has 0 aliphatic rings. The Labute approximate surface area is 122 Å². The lowest BCUT2D eigenvalue weighted by Gasteiger charge is -2.10. The van der Waals surface area contributed by atoms with E-state index < -0.39 is 10.0 Å². The highest BCUT2D eigenvalue weighted by molar-refractivity contribution is 7.89. The summed E-state index contributed by atoms with van der Waals surface area (Å²) in [5.41, 5.74) is 6.17. The lowest BCUT2D eigenvalue weighted by atomic mass is 10.3. The molecule has 0 aliphatic heterocycles. The monoisotopic (exact) mass is 312 g/mol. The van der Waals surface area contributed by atoms with Gasteiger partial charge in [0.1, 0.15) is 5.82 Å². The molecule has 0 saturated carbocycles. The zero-order valence-corrected chi connectivity index (χ0v) is 12.4. The molecule has 0 bridgehead atoms. The number of ether oxygens (including phenoxy) is 2. The summed E-state index contributed by atoms with van der Waals surface area (Å²) in [7, 11) is -0.777. The van der Waals surface area contributed by atoms with Gasteiger partial charge in [-0.05, 0) is 12.1 Å². The number of hydrogen-bond donors (Lipinski definition) is 3. The van der Waals surface area contributed by atoms with Crippen molar-refractivity contribution in [1.82, 2.24) is 14.9 Å². The lowest BCUT2D eigenvalue weighted by Crippen LogP contribution is -2.23. The molecular formula is C12H16N4O4S. The maximum absolute atomic E-state index is 12.2. The van der Waals surface area contributed by atoms with E-state index in [0.717, 1.165) is 0 Å². The van der Waals surface area contributed by atoms with Crippen molar-refractivity contribution in [3.63, 3.8) is 0 Å². The van der Waals surface area contributed by atoms with Gasteiger partial charge in [-0.1, -0.05) is 0 Å². The summed E-state index contributed by atoms with van der Waals surface area (Å²) in [4.78, 5) is 0.0715. The van der Waals surface area contributed by atoms with E-state index in [1.165, 1.54) is 38.6 Å². The van der Waals surface area contributed by atoms with Gasteiger partial charge in [0.15, 0.2) is 11.5 Å². The highest BCUT2D eigenvalue weighted by Gasteiger charge is 2.17. The van der Waals surface area contributed by atoms with Crippen LogP contribution in [0.5, 0.6) is 11.5 Å². The number of methoxy groups -OCH3 is 2. The fourth-order valence-electron chi connectivity index (χ4n) is 1.70. The number of nitrogens with two attached hydrogens (primary N) is 1. The van der Waals surface area contributed by atoms with Crippen LogP contribution in [-0.2, 0) is 16.6 Å². The van der Waals surface area contributed by atoms with Crippen molar-refractivity contribution < 1.29 is 17.9 Å². The molecule has 21 heavy (non-hydrogen) atoms. The van der Waals surface area contributed by atoms with Crippen LogP contribution in [0.4, 0.5) is 5.82 Å². The number of H-pyrrole nitrogens is 1. The summed E-state index contributed by atoms with van der Waals surface area (Å²) >= 11 is 0. The third-order valence-corrected chi connectivity index (χ3v) is 4.27. The number of benzene rings is 1. The maximum atomic E-state index is 12.2. The molecule has 4 N–H and O–H groups in total. The number of anilines is 1. The topological polar surface area (TPSA) is 119 Å². The van der Waals surface area contributed by atoms with Gasteiger partial charge in [-0.15, -0.1) is 0 Å². The second-order valence-corrected chi connectivity index (χ2v) is 5.92. The van der Waals surface area contributed by atoms with Crippen molar-refractivity contribution in [2.24, 2.45) is 0 Å². The lowest BCUT2D eigenvalue weighted by molar-refractivity contribution is 0.354. The van der Waals surface area contributed by atoms with Gasteiger partial charge < -0.3 is 15.2 Å². The standard InChI is InChI=1S/C12H16N4O4S/c1-19-10-4-3-9(5-11(10)20-2)21(17,18)15-7-8-6-14-16-12(8)13/h3-6,15H,7H2,1-2H3,(H3,13,14,16). The van der Waals surface area contributed by atoms with Crippen LogP contribution in [-0.4, -0.2) is 32.8 Å². The van der Waals surface area contributed by atoms with Crippen molar-refractivity contribution in [3.05, 3.63) is 30.0 Å². The van der Waals surface area contributed by atoms with Crippen LogP contribution >= 0.6 is 0 Å². The van der Waals surface area contributed by atoms with Gasteiger partial charge in [0.05, 0.1) is 25.3 Å². The number of sulfonamides is 1. The van der Waals surface area contributed by atoms with Crippen molar-refractivity contribution in [3.8, 4) is 11.5 Å². The van der Waals surface area contributed by atoms with E-state index in [0.29, 0.717) is 22.9 Å². The molecule has 114 valence electrons. The fraction of sp³-hybridized carbons (Fsp3) is 0.250. The minimum absolute atomic E-state index is 0.0407. The molecule has 0 atom stereocenters. The molecule has 2 aromatic rings.